The molecule has 5 heteroatoms. The molecule has 0 aliphatic rings. The number of anilines is 1. The summed E-state index contributed by atoms with van der Waals surface area (Å²) in [6.07, 6.45) is 0. The lowest BCUT2D eigenvalue weighted by Crippen LogP contribution is -2.22. The quantitative estimate of drug-likeness (QED) is 0.591. The first-order chi connectivity index (χ1) is 10.0. The third kappa shape index (κ3) is 4.35. The van der Waals surface area contributed by atoms with Gasteiger partial charge in [-0.15, -0.1) is 0 Å². The lowest BCUT2D eigenvalue weighted by molar-refractivity contribution is 0.102. The zero-order valence-electron chi connectivity index (χ0n) is 11.8. The van der Waals surface area contributed by atoms with Crippen LogP contribution in [0.4, 0.5) is 5.69 Å². The first kappa shape index (κ1) is 14.6. The second-order valence-electron chi connectivity index (χ2n) is 4.76. The highest BCUT2D eigenvalue weighted by atomic mass is 16.1. The molecule has 0 atom stereocenters. The molecule has 0 heterocycles. The minimum Gasteiger partial charge on any atom is -0.370 e. The second kappa shape index (κ2) is 6.56. The first-order valence-corrected chi connectivity index (χ1v) is 6.57. The molecule has 0 spiro atoms. The van der Waals surface area contributed by atoms with E-state index in [1.165, 1.54) is 0 Å². The van der Waals surface area contributed by atoms with E-state index in [-0.39, 0.29) is 11.9 Å². The second-order valence-corrected chi connectivity index (χ2v) is 4.76. The average molecular weight is 282 g/mol. The van der Waals surface area contributed by atoms with Crippen LogP contribution in [0, 0.1) is 6.92 Å². The molecule has 2 aromatic rings. The fourth-order valence-electron chi connectivity index (χ4n) is 1.78. The highest BCUT2D eigenvalue weighted by molar-refractivity contribution is 6.04. The summed E-state index contributed by atoms with van der Waals surface area (Å²) in [4.78, 5) is 16.0. The number of amides is 1. The van der Waals surface area contributed by atoms with Gasteiger partial charge in [0.2, 0.25) is 0 Å². The molecule has 0 aromatic heterocycles. The first-order valence-electron chi connectivity index (χ1n) is 6.57. The van der Waals surface area contributed by atoms with Crippen LogP contribution < -0.4 is 16.8 Å². The Balaban J connectivity index is 2.02. The highest BCUT2D eigenvalue weighted by Gasteiger charge is 2.05. The maximum absolute atomic E-state index is 12.1. The van der Waals surface area contributed by atoms with E-state index in [1.54, 1.807) is 12.1 Å². The Morgan fingerprint density at radius 2 is 1.67 bits per heavy atom. The molecular formula is C16H18N4O. The number of carbonyl (C=O) groups excluding carboxylic acids is 1. The van der Waals surface area contributed by atoms with Crippen LogP contribution in [0.2, 0.25) is 0 Å². The van der Waals surface area contributed by atoms with E-state index in [2.05, 4.69) is 10.3 Å². The number of hydrogen-bond donors (Lipinski definition) is 3. The van der Waals surface area contributed by atoms with E-state index < -0.39 is 0 Å². The van der Waals surface area contributed by atoms with E-state index in [1.807, 2.05) is 43.3 Å². The third-order valence-corrected chi connectivity index (χ3v) is 2.97. The Morgan fingerprint density at radius 3 is 2.24 bits per heavy atom. The number of aliphatic imine (C=N–C) groups is 1. The minimum atomic E-state index is -0.146. The zero-order chi connectivity index (χ0) is 15.2. The van der Waals surface area contributed by atoms with Gasteiger partial charge in [-0.05, 0) is 36.8 Å². The van der Waals surface area contributed by atoms with Crippen molar-refractivity contribution in [1.82, 2.24) is 0 Å². The van der Waals surface area contributed by atoms with Gasteiger partial charge in [-0.25, -0.2) is 4.99 Å². The molecule has 0 fully saturated rings. The third-order valence-electron chi connectivity index (χ3n) is 2.97. The van der Waals surface area contributed by atoms with Gasteiger partial charge in [0, 0.05) is 11.3 Å². The highest BCUT2D eigenvalue weighted by Crippen LogP contribution is 2.12. The molecular weight excluding hydrogens is 264 g/mol. The largest absolute Gasteiger partial charge is 0.370 e. The minimum absolute atomic E-state index is 0.0520. The van der Waals surface area contributed by atoms with E-state index in [4.69, 9.17) is 11.5 Å². The number of hydrogen-bond acceptors (Lipinski definition) is 2. The van der Waals surface area contributed by atoms with Crippen LogP contribution in [0.3, 0.4) is 0 Å². The topological polar surface area (TPSA) is 93.5 Å². The lowest BCUT2D eigenvalue weighted by atomic mass is 10.1. The summed E-state index contributed by atoms with van der Waals surface area (Å²) in [7, 11) is 0. The van der Waals surface area contributed by atoms with E-state index in [0.717, 1.165) is 16.8 Å². The van der Waals surface area contributed by atoms with Gasteiger partial charge in [-0.2, -0.15) is 0 Å². The summed E-state index contributed by atoms with van der Waals surface area (Å²) in [5.41, 5.74) is 14.0. The van der Waals surface area contributed by atoms with Crippen molar-refractivity contribution in [1.29, 1.82) is 0 Å². The van der Waals surface area contributed by atoms with Gasteiger partial charge in [-0.3, -0.25) is 4.79 Å². The molecule has 0 aliphatic heterocycles. The van der Waals surface area contributed by atoms with Gasteiger partial charge in [0.25, 0.3) is 5.91 Å². The number of aryl methyl sites for hydroxylation is 1. The molecule has 21 heavy (non-hydrogen) atoms. The van der Waals surface area contributed by atoms with Crippen LogP contribution >= 0.6 is 0 Å². The predicted octanol–water partition coefficient (Wildman–Crippen LogP) is 2.02. The molecule has 2 aromatic carbocycles. The number of nitrogens with two attached hydrogens (primary N) is 2. The summed E-state index contributed by atoms with van der Waals surface area (Å²) < 4.78 is 0. The van der Waals surface area contributed by atoms with Gasteiger partial charge >= 0.3 is 0 Å². The van der Waals surface area contributed by atoms with Gasteiger partial charge in [0.1, 0.15) is 0 Å². The summed E-state index contributed by atoms with van der Waals surface area (Å²) >= 11 is 0. The molecule has 1 amide bonds. The number of carbonyl (C=O) groups is 1. The van der Waals surface area contributed by atoms with Crippen LogP contribution in [-0.2, 0) is 6.54 Å². The van der Waals surface area contributed by atoms with Crippen molar-refractivity contribution in [3.8, 4) is 0 Å². The van der Waals surface area contributed by atoms with Crippen molar-refractivity contribution >= 4 is 17.6 Å². The number of benzene rings is 2. The monoisotopic (exact) mass is 282 g/mol. The Morgan fingerprint density at radius 1 is 1.05 bits per heavy atom. The molecule has 0 saturated carbocycles. The molecule has 0 bridgehead atoms. The van der Waals surface area contributed by atoms with Crippen molar-refractivity contribution < 1.29 is 4.79 Å². The Kier molecular flexibility index (Phi) is 4.56. The van der Waals surface area contributed by atoms with Crippen molar-refractivity contribution in [2.75, 3.05) is 5.32 Å². The maximum atomic E-state index is 12.1. The number of rotatable bonds is 4. The Labute approximate surface area is 123 Å². The fourth-order valence-corrected chi connectivity index (χ4v) is 1.78. The molecule has 5 N–H and O–H groups in total. The van der Waals surface area contributed by atoms with Gasteiger partial charge in [0.05, 0.1) is 6.54 Å². The maximum Gasteiger partial charge on any atom is 0.255 e. The SMILES string of the molecule is Cc1ccc(NC(=O)c2ccc(CN=C(N)N)cc2)cc1. The number of nitrogens with one attached hydrogen (secondary N) is 1. The fraction of sp³-hybridized carbons (Fsp3) is 0.125. The zero-order valence-corrected chi connectivity index (χ0v) is 11.8. The molecule has 0 aliphatic carbocycles. The lowest BCUT2D eigenvalue weighted by Gasteiger charge is -2.06. The van der Waals surface area contributed by atoms with Gasteiger partial charge in [-0.1, -0.05) is 29.8 Å². The Bertz CT molecular complexity index is 641. The molecule has 0 unspecified atom stereocenters. The van der Waals surface area contributed by atoms with Crippen molar-refractivity contribution in [2.24, 2.45) is 16.5 Å². The molecule has 0 radical (unpaired) electrons. The van der Waals surface area contributed by atoms with Crippen molar-refractivity contribution in [3.05, 3.63) is 65.2 Å². The van der Waals surface area contributed by atoms with Crippen molar-refractivity contribution in [2.45, 2.75) is 13.5 Å². The van der Waals surface area contributed by atoms with Crippen LogP contribution in [-0.4, -0.2) is 11.9 Å². The van der Waals surface area contributed by atoms with Crippen molar-refractivity contribution in [3.63, 3.8) is 0 Å². The number of nitrogens with zero attached hydrogens (tertiary/aromatic N) is 1. The van der Waals surface area contributed by atoms with Crippen LogP contribution in [0.15, 0.2) is 53.5 Å². The van der Waals surface area contributed by atoms with Gasteiger partial charge in [0.15, 0.2) is 5.96 Å². The molecule has 5 nitrogen and oxygen atoms in total. The summed E-state index contributed by atoms with van der Waals surface area (Å²) in [5.74, 6) is -0.0940. The average Bonchev–Trinajstić information content (AvgIpc) is 2.48. The van der Waals surface area contributed by atoms with Gasteiger partial charge < -0.3 is 16.8 Å². The molecule has 2 rings (SSSR count). The number of guanidine groups is 1. The normalized spacial score (nSPS) is 9.95. The summed E-state index contributed by atoms with van der Waals surface area (Å²) in [6, 6.07) is 14.8. The van der Waals surface area contributed by atoms with E-state index in [9.17, 15) is 4.79 Å². The predicted molar refractivity (Wildman–Crippen MR) is 85.1 cm³/mol. The molecule has 108 valence electrons. The Hall–Kier alpha value is -2.82. The smallest absolute Gasteiger partial charge is 0.255 e. The van der Waals surface area contributed by atoms with E-state index in [0.29, 0.717) is 12.1 Å². The van der Waals surface area contributed by atoms with E-state index >= 15 is 0 Å². The standard InChI is InChI=1S/C16H18N4O/c1-11-2-8-14(9-3-11)20-15(21)13-6-4-12(5-7-13)10-19-16(17)18/h2-9H,10H2,1H3,(H,20,21)(H4,17,18,19). The van der Waals surface area contributed by atoms with Crippen LogP contribution in [0.1, 0.15) is 21.5 Å². The van der Waals surface area contributed by atoms with Crippen LogP contribution in [0.5, 0.6) is 0 Å². The van der Waals surface area contributed by atoms with Crippen LogP contribution in [0.25, 0.3) is 0 Å². The molecule has 0 saturated heterocycles. The summed E-state index contributed by atoms with van der Waals surface area (Å²) in [6.45, 7) is 2.41. The summed E-state index contributed by atoms with van der Waals surface area (Å²) in [5, 5.41) is 2.85.